The van der Waals surface area contributed by atoms with Gasteiger partial charge >= 0.3 is 0 Å². The number of carbonyl (C=O) groups excluding carboxylic acids is 1. The molecule has 1 fully saturated rings. The zero-order valence-electron chi connectivity index (χ0n) is 8.65. The maximum absolute atomic E-state index is 11.3. The summed E-state index contributed by atoms with van der Waals surface area (Å²) in [6, 6.07) is 0.587. The number of aromatic nitrogens is 2. The molecule has 0 radical (unpaired) electrons. The van der Waals surface area contributed by atoms with Gasteiger partial charge in [0.25, 0.3) is 0 Å². The Kier molecular flexibility index (Phi) is 3.34. The van der Waals surface area contributed by atoms with Crippen LogP contribution < -0.4 is 10.6 Å². The van der Waals surface area contributed by atoms with Crippen molar-refractivity contribution in [3.05, 3.63) is 18.7 Å². The molecule has 0 atom stereocenters. The zero-order chi connectivity index (χ0) is 10.5. The van der Waals surface area contributed by atoms with Crippen LogP contribution in [-0.2, 0) is 11.3 Å². The molecule has 1 aromatic heterocycles. The van der Waals surface area contributed by atoms with Crippen molar-refractivity contribution in [2.75, 3.05) is 13.1 Å². The molecule has 1 heterocycles. The molecule has 15 heavy (non-hydrogen) atoms. The van der Waals surface area contributed by atoms with Crippen molar-refractivity contribution < 1.29 is 4.79 Å². The number of hydrogen-bond acceptors (Lipinski definition) is 3. The lowest BCUT2D eigenvalue weighted by molar-refractivity contribution is -0.120. The Labute approximate surface area is 88.9 Å². The first-order valence-electron chi connectivity index (χ1n) is 5.30. The third kappa shape index (κ3) is 3.71. The van der Waals surface area contributed by atoms with Crippen LogP contribution >= 0.6 is 0 Å². The highest BCUT2D eigenvalue weighted by Crippen LogP contribution is 2.17. The normalized spacial score (nSPS) is 15.2. The summed E-state index contributed by atoms with van der Waals surface area (Å²) in [5, 5.41) is 6.02. The molecule has 1 aliphatic carbocycles. The molecule has 1 aromatic rings. The Hall–Kier alpha value is -1.36. The van der Waals surface area contributed by atoms with Gasteiger partial charge in [-0.15, -0.1) is 0 Å². The Morgan fingerprint density at radius 1 is 1.53 bits per heavy atom. The Morgan fingerprint density at radius 3 is 3.07 bits per heavy atom. The van der Waals surface area contributed by atoms with Crippen molar-refractivity contribution in [2.24, 2.45) is 0 Å². The van der Waals surface area contributed by atoms with Crippen LogP contribution in [0.15, 0.2) is 18.7 Å². The Morgan fingerprint density at radius 2 is 2.40 bits per heavy atom. The zero-order valence-corrected chi connectivity index (χ0v) is 8.65. The summed E-state index contributed by atoms with van der Waals surface area (Å²) in [7, 11) is 0. The van der Waals surface area contributed by atoms with Crippen LogP contribution in [0.1, 0.15) is 12.8 Å². The predicted molar refractivity (Wildman–Crippen MR) is 56.3 cm³/mol. The van der Waals surface area contributed by atoms with Crippen LogP contribution in [0.2, 0.25) is 0 Å². The van der Waals surface area contributed by atoms with Crippen molar-refractivity contribution in [3.63, 3.8) is 0 Å². The second kappa shape index (κ2) is 4.93. The van der Waals surface area contributed by atoms with Gasteiger partial charge in [-0.25, -0.2) is 4.98 Å². The molecule has 0 aliphatic heterocycles. The predicted octanol–water partition coefficient (Wildman–Crippen LogP) is -0.249. The topological polar surface area (TPSA) is 59.0 Å². The molecular formula is C10H16N4O. The van der Waals surface area contributed by atoms with Crippen molar-refractivity contribution in [3.8, 4) is 0 Å². The van der Waals surface area contributed by atoms with Gasteiger partial charge in [-0.3, -0.25) is 4.79 Å². The first-order valence-corrected chi connectivity index (χ1v) is 5.30. The van der Waals surface area contributed by atoms with Crippen molar-refractivity contribution in [1.29, 1.82) is 0 Å². The average molecular weight is 208 g/mol. The average Bonchev–Trinajstić information content (AvgIpc) is 2.92. The lowest BCUT2D eigenvalue weighted by Gasteiger charge is -2.06. The third-order valence-corrected chi connectivity index (χ3v) is 2.38. The molecule has 0 saturated heterocycles. The number of imidazole rings is 1. The van der Waals surface area contributed by atoms with E-state index in [1.54, 1.807) is 12.5 Å². The van der Waals surface area contributed by atoms with E-state index < -0.39 is 0 Å². The van der Waals surface area contributed by atoms with Gasteiger partial charge < -0.3 is 15.2 Å². The third-order valence-electron chi connectivity index (χ3n) is 2.38. The molecule has 5 heteroatoms. The highest BCUT2D eigenvalue weighted by Gasteiger charge is 2.20. The van der Waals surface area contributed by atoms with Gasteiger partial charge in [0.15, 0.2) is 0 Å². The summed E-state index contributed by atoms with van der Waals surface area (Å²) in [6.07, 6.45) is 7.78. The second-order valence-electron chi connectivity index (χ2n) is 3.81. The van der Waals surface area contributed by atoms with Crippen molar-refractivity contribution >= 4 is 5.91 Å². The lowest BCUT2D eigenvalue weighted by Crippen LogP contribution is -2.36. The highest BCUT2D eigenvalue weighted by molar-refractivity contribution is 5.77. The Balaban J connectivity index is 1.54. The summed E-state index contributed by atoms with van der Waals surface area (Å²) in [5.41, 5.74) is 0. The fourth-order valence-electron chi connectivity index (χ4n) is 1.33. The minimum atomic E-state index is 0.0713. The van der Waals surface area contributed by atoms with Crippen molar-refractivity contribution in [1.82, 2.24) is 20.2 Å². The minimum absolute atomic E-state index is 0.0713. The van der Waals surface area contributed by atoms with Gasteiger partial charge in [0.2, 0.25) is 5.91 Å². The van der Waals surface area contributed by atoms with Gasteiger partial charge in [0, 0.05) is 31.5 Å². The molecule has 2 N–H and O–H groups in total. The van der Waals surface area contributed by atoms with E-state index in [1.807, 2.05) is 10.8 Å². The van der Waals surface area contributed by atoms with Gasteiger partial charge in [-0.1, -0.05) is 0 Å². The number of hydrogen-bond donors (Lipinski definition) is 2. The second-order valence-corrected chi connectivity index (χ2v) is 3.81. The molecule has 1 aliphatic rings. The van der Waals surface area contributed by atoms with Gasteiger partial charge in [-0.05, 0) is 12.8 Å². The maximum atomic E-state index is 11.3. The molecule has 2 rings (SSSR count). The van der Waals surface area contributed by atoms with E-state index in [0.29, 0.717) is 19.1 Å². The number of carbonyl (C=O) groups is 1. The summed E-state index contributed by atoms with van der Waals surface area (Å²) in [4.78, 5) is 15.2. The molecular weight excluding hydrogens is 192 g/mol. The largest absolute Gasteiger partial charge is 0.353 e. The monoisotopic (exact) mass is 208 g/mol. The van der Waals surface area contributed by atoms with Gasteiger partial charge in [-0.2, -0.15) is 0 Å². The molecule has 82 valence electrons. The molecule has 0 spiro atoms. The van der Waals surface area contributed by atoms with Crippen LogP contribution in [0.25, 0.3) is 0 Å². The molecule has 0 unspecified atom stereocenters. The number of amides is 1. The molecule has 1 saturated carbocycles. The van der Waals surface area contributed by atoms with E-state index in [1.165, 1.54) is 12.8 Å². The quantitative estimate of drug-likeness (QED) is 0.678. The maximum Gasteiger partial charge on any atom is 0.234 e. The van der Waals surface area contributed by atoms with E-state index in [9.17, 15) is 4.79 Å². The molecule has 0 aromatic carbocycles. The fraction of sp³-hybridized carbons (Fsp3) is 0.600. The summed E-state index contributed by atoms with van der Waals surface area (Å²) in [6.45, 7) is 1.87. The van der Waals surface area contributed by atoms with Crippen LogP contribution in [0.5, 0.6) is 0 Å². The van der Waals surface area contributed by atoms with Crippen LogP contribution in [0.4, 0.5) is 0 Å². The standard InChI is InChI=1S/C10H16N4O/c15-10(7-13-9-1-2-9)12-4-6-14-5-3-11-8-14/h3,5,8-9,13H,1-2,4,6-7H2,(H,12,15). The van der Waals surface area contributed by atoms with E-state index >= 15 is 0 Å². The van der Waals surface area contributed by atoms with E-state index in [2.05, 4.69) is 15.6 Å². The first-order chi connectivity index (χ1) is 7.34. The van der Waals surface area contributed by atoms with Crippen LogP contribution in [-0.4, -0.2) is 34.6 Å². The SMILES string of the molecule is O=C(CNC1CC1)NCCn1ccnc1. The van der Waals surface area contributed by atoms with E-state index in [-0.39, 0.29) is 5.91 Å². The number of rotatable bonds is 6. The van der Waals surface area contributed by atoms with Gasteiger partial charge in [0.05, 0.1) is 12.9 Å². The smallest absolute Gasteiger partial charge is 0.234 e. The first kappa shape index (κ1) is 10.2. The highest BCUT2D eigenvalue weighted by atomic mass is 16.1. The van der Waals surface area contributed by atoms with Crippen LogP contribution in [0.3, 0.4) is 0 Å². The summed E-state index contributed by atoms with van der Waals surface area (Å²) >= 11 is 0. The number of nitrogens with one attached hydrogen (secondary N) is 2. The Bertz CT molecular complexity index is 305. The molecule has 0 bridgehead atoms. The van der Waals surface area contributed by atoms with E-state index in [4.69, 9.17) is 0 Å². The lowest BCUT2D eigenvalue weighted by atomic mass is 10.5. The summed E-state index contributed by atoms with van der Waals surface area (Å²) in [5.74, 6) is 0.0713. The van der Waals surface area contributed by atoms with Crippen molar-refractivity contribution in [2.45, 2.75) is 25.4 Å². The van der Waals surface area contributed by atoms with Crippen LogP contribution in [0, 0.1) is 0 Å². The summed E-state index contributed by atoms with van der Waals surface area (Å²) < 4.78 is 1.94. The molecule has 1 amide bonds. The fourth-order valence-corrected chi connectivity index (χ4v) is 1.33. The molecule has 5 nitrogen and oxygen atoms in total. The van der Waals surface area contributed by atoms with Gasteiger partial charge in [0.1, 0.15) is 0 Å². The van der Waals surface area contributed by atoms with E-state index in [0.717, 1.165) is 6.54 Å². The minimum Gasteiger partial charge on any atom is -0.353 e. The number of nitrogens with zero attached hydrogens (tertiary/aromatic N) is 2.